The monoisotopic (exact) mass is 393 g/mol. The van der Waals surface area contributed by atoms with Gasteiger partial charge < -0.3 is 0 Å². The van der Waals surface area contributed by atoms with Gasteiger partial charge in [-0.1, -0.05) is 6.92 Å². The zero-order chi connectivity index (χ0) is 20.0. The van der Waals surface area contributed by atoms with Gasteiger partial charge in [-0.15, -0.1) is 0 Å². The van der Waals surface area contributed by atoms with Crippen molar-refractivity contribution in [1.82, 2.24) is 15.6 Å². The number of carbonyl (C=O) groups excluding carboxylic acids is 2. The first kappa shape index (κ1) is 20.5. The average Bonchev–Trinajstić information content (AvgIpc) is 2.66. The molecule has 0 aromatic heterocycles. The Kier molecular flexibility index (Phi) is 6.65. The first-order chi connectivity index (χ1) is 12.7. The quantitative estimate of drug-likeness (QED) is 0.653. The molecule has 0 saturated carbocycles. The molecule has 2 aromatic carbocycles. The molecule has 0 aliphatic heterocycles. The predicted molar refractivity (Wildman–Crippen MR) is 97.8 cm³/mol. The summed E-state index contributed by atoms with van der Waals surface area (Å²) in [6.07, 6.45) is 0.646. The zero-order valence-corrected chi connectivity index (χ0v) is 15.6. The number of carbonyl (C=O) groups is 2. The number of benzene rings is 2. The van der Waals surface area contributed by atoms with Crippen LogP contribution in [-0.2, 0) is 10.0 Å². The third-order valence-corrected chi connectivity index (χ3v) is 5.40. The van der Waals surface area contributed by atoms with Crippen molar-refractivity contribution in [3.8, 4) is 0 Å². The van der Waals surface area contributed by atoms with Crippen molar-refractivity contribution in [2.75, 3.05) is 0 Å². The lowest BCUT2D eigenvalue weighted by atomic mass is 10.2. The Balaban J connectivity index is 1.99. The molecule has 7 nitrogen and oxygen atoms in total. The molecule has 27 heavy (non-hydrogen) atoms. The Labute approximate surface area is 157 Å². The van der Waals surface area contributed by atoms with Crippen molar-refractivity contribution in [2.24, 2.45) is 0 Å². The predicted octanol–water partition coefficient (Wildman–Crippen LogP) is 1.98. The van der Waals surface area contributed by atoms with Crippen molar-refractivity contribution >= 4 is 21.8 Å². The average molecular weight is 393 g/mol. The normalized spacial score (nSPS) is 12.3. The molecule has 2 aromatic rings. The second kappa shape index (κ2) is 8.74. The van der Waals surface area contributed by atoms with Gasteiger partial charge in [0, 0.05) is 17.2 Å². The van der Waals surface area contributed by atoms with Gasteiger partial charge in [0.25, 0.3) is 11.8 Å². The van der Waals surface area contributed by atoms with Crippen LogP contribution in [0.3, 0.4) is 0 Å². The smallest absolute Gasteiger partial charge is 0.267 e. The summed E-state index contributed by atoms with van der Waals surface area (Å²) in [4.78, 5) is 24.0. The molecule has 0 unspecified atom stereocenters. The molecule has 0 heterocycles. The van der Waals surface area contributed by atoms with E-state index in [1.807, 2.05) is 6.92 Å². The Morgan fingerprint density at radius 2 is 1.37 bits per heavy atom. The fraction of sp³-hybridized carbons (Fsp3) is 0.222. The Bertz CT molecular complexity index is 913. The fourth-order valence-corrected chi connectivity index (χ4v) is 3.39. The molecule has 1 atom stereocenters. The maximum absolute atomic E-state index is 12.8. The minimum atomic E-state index is -3.66. The zero-order valence-electron chi connectivity index (χ0n) is 14.8. The third-order valence-electron chi connectivity index (χ3n) is 3.79. The molecule has 9 heteroatoms. The van der Waals surface area contributed by atoms with Gasteiger partial charge in [-0.25, -0.2) is 17.5 Å². The number of hydrazine groups is 1. The topological polar surface area (TPSA) is 104 Å². The summed E-state index contributed by atoms with van der Waals surface area (Å²) >= 11 is 0. The summed E-state index contributed by atoms with van der Waals surface area (Å²) in [6, 6.07) is 9.89. The van der Waals surface area contributed by atoms with Gasteiger partial charge in [-0.2, -0.15) is 0 Å². The highest BCUT2D eigenvalue weighted by Crippen LogP contribution is 2.11. The molecular weight excluding hydrogens is 373 g/mol. The summed E-state index contributed by atoms with van der Waals surface area (Å²) in [5.74, 6) is -1.71. The third kappa shape index (κ3) is 5.60. The van der Waals surface area contributed by atoms with Gasteiger partial charge >= 0.3 is 0 Å². The van der Waals surface area contributed by atoms with E-state index < -0.39 is 27.7 Å². The van der Waals surface area contributed by atoms with Crippen LogP contribution in [-0.4, -0.2) is 26.3 Å². The molecule has 0 aliphatic rings. The summed E-state index contributed by atoms with van der Waals surface area (Å²) in [5.41, 5.74) is 4.76. The molecule has 0 spiro atoms. The number of hydrogen-bond donors (Lipinski definition) is 3. The molecule has 3 N–H and O–H groups in total. The Morgan fingerprint density at radius 3 is 1.81 bits per heavy atom. The second-order valence-electron chi connectivity index (χ2n) is 5.87. The van der Waals surface area contributed by atoms with Crippen LogP contribution in [0.1, 0.15) is 41.0 Å². The summed E-state index contributed by atoms with van der Waals surface area (Å²) in [6.45, 7) is 3.62. The lowest BCUT2D eigenvalue weighted by Crippen LogP contribution is -2.41. The van der Waals surface area contributed by atoms with Gasteiger partial charge in [-0.3, -0.25) is 20.4 Å². The Morgan fingerprint density at radius 1 is 0.926 bits per heavy atom. The van der Waals surface area contributed by atoms with Crippen LogP contribution in [0.2, 0.25) is 0 Å². The van der Waals surface area contributed by atoms with Gasteiger partial charge in [0.2, 0.25) is 10.0 Å². The van der Waals surface area contributed by atoms with Crippen LogP contribution in [0.4, 0.5) is 4.39 Å². The summed E-state index contributed by atoms with van der Waals surface area (Å²) in [7, 11) is -3.66. The largest absolute Gasteiger partial charge is 0.269 e. The van der Waals surface area contributed by atoms with Crippen molar-refractivity contribution in [1.29, 1.82) is 0 Å². The van der Waals surface area contributed by atoms with Crippen molar-refractivity contribution < 1.29 is 22.4 Å². The SMILES string of the molecule is CC[C@H](C)NS(=O)(=O)c1ccc(C(=O)NNC(=O)c2ccc(F)cc2)cc1. The molecule has 2 rings (SSSR count). The van der Waals surface area contributed by atoms with E-state index in [1.165, 1.54) is 36.4 Å². The highest BCUT2D eigenvalue weighted by molar-refractivity contribution is 7.89. The molecule has 0 bridgehead atoms. The number of amides is 2. The van der Waals surface area contributed by atoms with Gasteiger partial charge in [0.05, 0.1) is 4.90 Å². The van der Waals surface area contributed by atoms with E-state index in [1.54, 1.807) is 6.92 Å². The Hall–Kier alpha value is -2.78. The standard InChI is InChI=1S/C18H20FN3O4S/c1-3-12(2)22-27(25,26)16-10-6-14(7-11-16)18(24)21-20-17(23)13-4-8-15(19)9-5-13/h4-12,22H,3H2,1-2H3,(H,20,23)(H,21,24)/t12-/m0/s1. The van der Waals surface area contributed by atoms with Crippen LogP contribution in [0.25, 0.3) is 0 Å². The molecule has 2 amide bonds. The van der Waals surface area contributed by atoms with E-state index in [9.17, 15) is 22.4 Å². The van der Waals surface area contributed by atoms with E-state index >= 15 is 0 Å². The highest BCUT2D eigenvalue weighted by atomic mass is 32.2. The van der Waals surface area contributed by atoms with Gasteiger partial charge in [0.15, 0.2) is 0 Å². The van der Waals surface area contributed by atoms with Crippen molar-refractivity contribution in [3.05, 3.63) is 65.5 Å². The lowest BCUT2D eigenvalue weighted by Gasteiger charge is -2.12. The maximum Gasteiger partial charge on any atom is 0.269 e. The molecule has 144 valence electrons. The maximum atomic E-state index is 12.8. The first-order valence-corrected chi connectivity index (χ1v) is 9.70. The lowest BCUT2D eigenvalue weighted by molar-refractivity contribution is 0.0846. The molecule has 0 aliphatic carbocycles. The minimum Gasteiger partial charge on any atom is -0.267 e. The number of halogens is 1. The van der Waals surface area contributed by atoms with E-state index in [-0.39, 0.29) is 22.1 Å². The van der Waals surface area contributed by atoms with E-state index in [0.29, 0.717) is 6.42 Å². The van der Waals surface area contributed by atoms with Crippen LogP contribution >= 0.6 is 0 Å². The summed E-state index contributed by atoms with van der Waals surface area (Å²) in [5, 5.41) is 0. The highest BCUT2D eigenvalue weighted by Gasteiger charge is 2.17. The number of sulfonamides is 1. The van der Waals surface area contributed by atoms with Crippen molar-refractivity contribution in [2.45, 2.75) is 31.2 Å². The minimum absolute atomic E-state index is 0.0368. The van der Waals surface area contributed by atoms with Crippen LogP contribution in [0.15, 0.2) is 53.4 Å². The molecule has 0 radical (unpaired) electrons. The van der Waals surface area contributed by atoms with E-state index in [2.05, 4.69) is 15.6 Å². The number of rotatable bonds is 6. The van der Waals surface area contributed by atoms with E-state index in [4.69, 9.17) is 0 Å². The summed E-state index contributed by atoms with van der Waals surface area (Å²) < 4.78 is 39.7. The van der Waals surface area contributed by atoms with Crippen LogP contribution in [0.5, 0.6) is 0 Å². The molecule has 0 fully saturated rings. The number of hydrogen-bond acceptors (Lipinski definition) is 4. The first-order valence-electron chi connectivity index (χ1n) is 8.21. The molecule has 0 saturated heterocycles. The van der Waals surface area contributed by atoms with E-state index in [0.717, 1.165) is 12.1 Å². The van der Waals surface area contributed by atoms with Gasteiger partial charge in [-0.05, 0) is 61.9 Å². The van der Waals surface area contributed by atoms with Gasteiger partial charge in [0.1, 0.15) is 5.82 Å². The molecular formula is C18H20FN3O4S. The van der Waals surface area contributed by atoms with Crippen LogP contribution in [0, 0.1) is 5.82 Å². The van der Waals surface area contributed by atoms with Crippen LogP contribution < -0.4 is 15.6 Å². The second-order valence-corrected chi connectivity index (χ2v) is 7.58. The number of nitrogens with one attached hydrogen (secondary N) is 3. The van der Waals surface area contributed by atoms with Crippen molar-refractivity contribution in [3.63, 3.8) is 0 Å². The fourth-order valence-electron chi connectivity index (χ4n) is 2.06.